The number of fused-ring (bicyclic) bond motifs is 1. The van der Waals surface area contributed by atoms with Gasteiger partial charge in [0.2, 0.25) is 0 Å². The van der Waals surface area contributed by atoms with Crippen LogP contribution in [0.15, 0.2) is 24.5 Å². The van der Waals surface area contributed by atoms with Crippen LogP contribution in [0.3, 0.4) is 0 Å². The molecule has 0 saturated carbocycles. The highest BCUT2D eigenvalue weighted by molar-refractivity contribution is 5.81. The van der Waals surface area contributed by atoms with E-state index in [1.165, 1.54) is 5.56 Å². The van der Waals surface area contributed by atoms with E-state index in [1.807, 2.05) is 17.8 Å². The molecule has 0 atom stereocenters. The highest BCUT2D eigenvalue weighted by atomic mass is 15.3. The van der Waals surface area contributed by atoms with Gasteiger partial charge in [-0.15, -0.1) is 0 Å². The van der Waals surface area contributed by atoms with E-state index in [0.29, 0.717) is 6.54 Å². The first kappa shape index (κ1) is 11.9. The lowest BCUT2D eigenvalue weighted by atomic mass is 10.1. The van der Waals surface area contributed by atoms with Crippen molar-refractivity contribution >= 4 is 11.0 Å². The third-order valence-electron chi connectivity index (χ3n) is 3.46. The molecule has 0 saturated heterocycles. The molecular formula is C14H17N5. The molecule has 0 bridgehead atoms. The number of rotatable bonds is 3. The molecule has 0 radical (unpaired) electrons. The minimum absolute atomic E-state index is 0.622. The summed E-state index contributed by atoms with van der Waals surface area (Å²) in [6, 6.07) is 6.22. The number of hydrogen-bond acceptors (Lipinski definition) is 3. The van der Waals surface area contributed by atoms with Crippen molar-refractivity contribution in [3.8, 4) is 11.3 Å². The molecule has 98 valence electrons. The van der Waals surface area contributed by atoms with Crippen molar-refractivity contribution in [2.24, 2.45) is 12.8 Å². The monoisotopic (exact) mass is 255 g/mol. The van der Waals surface area contributed by atoms with Crippen LogP contribution in [-0.2, 0) is 13.5 Å². The van der Waals surface area contributed by atoms with Crippen molar-refractivity contribution in [1.82, 2.24) is 19.7 Å². The van der Waals surface area contributed by atoms with Crippen molar-refractivity contribution in [2.45, 2.75) is 13.3 Å². The summed E-state index contributed by atoms with van der Waals surface area (Å²) < 4.78 is 1.93. The van der Waals surface area contributed by atoms with Crippen LogP contribution in [0.4, 0.5) is 0 Å². The second kappa shape index (κ2) is 4.51. The van der Waals surface area contributed by atoms with Gasteiger partial charge in [-0.05, 0) is 31.2 Å². The van der Waals surface area contributed by atoms with Crippen molar-refractivity contribution in [3.05, 3.63) is 35.8 Å². The lowest BCUT2D eigenvalue weighted by Crippen LogP contribution is -2.04. The number of nitrogens with one attached hydrogen (secondary N) is 1. The van der Waals surface area contributed by atoms with Crippen molar-refractivity contribution in [2.75, 3.05) is 6.54 Å². The number of benzene rings is 1. The van der Waals surface area contributed by atoms with E-state index in [2.05, 4.69) is 34.1 Å². The molecule has 3 N–H and O–H groups in total. The number of aromatic amines is 1. The Kier molecular flexibility index (Phi) is 2.83. The molecule has 0 amide bonds. The van der Waals surface area contributed by atoms with Gasteiger partial charge >= 0.3 is 0 Å². The Morgan fingerprint density at radius 3 is 3.00 bits per heavy atom. The van der Waals surface area contributed by atoms with Crippen LogP contribution in [0, 0.1) is 6.92 Å². The normalized spacial score (nSPS) is 11.3. The third kappa shape index (κ3) is 1.92. The van der Waals surface area contributed by atoms with Gasteiger partial charge in [0.05, 0.1) is 28.7 Å². The van der Waals surface area contributed by atoms with Gasteiger partial charge in [0.15, 0.2) is 0 Å². The predicted molar refractivity (Wildman–Crippen MR) is 75.8 cm³/mol. The van der Waals surface area contributed by atoms with E-state index in [0.717, 1.165) is 34.4 Å². The zero-order chi connectivity index (χ0) is 13.4. The van der Waals surface area contributed by atoms with E-state index in [-0.39, 0.29) is 0 Å². The number of H-pyrrole nitrogens is 1. The van der Waals surface area contributed by atoms with Crippen molar-refractivity contribution in [1.29, 1.82) is 0 Å². The first-order valence-electron chi connectivity index (χ1n) is 6.36. The Balaban J connectivity index is 2.14. The van der Waals surface area contributed by atoms with Gasteiger partial charge in [0.25, 0.3) is 0 Å². The van der Waals surface area contributed by atoms with E-state index in [4.69, 9.17) is 5.73 Å². The van der Waals surface area contributed by atoms with E-state index in [9.17, 15) is 0 Å². The topological polar surface area (TPSA) is 72.5 Å². The Hall–Kier alpha value is -2.14. The molecule has 3 aromatic rings. The zero-order valence-corrected chi connectivity index (χ0v) is 11.1. The number of nitrogens with zero attached hydrogens (tertiary/aromatic N) is 3. The van der Waals surface area contributed by atoms with Crippen LogP contribution in [0.1, 0.15) is 11.3 Å². The first-order chi connectivity index (χ1) is 9.20. The number of aryl methyl sites for hydroxylation is 1. The van der Waals surface area contributed by atoms with Gasteiger partial charge in [0, 0.05) is 19.0 Å². The van der Waals surface area contributed by atoms with Gasteiger partial charge in [0.1, 0.15) is 0 Å². The second-order valence-electron chi connectivity index (χ2n) is 4.72. The summed E-state index contributed by atoms with van der Waals surface area (Å²) in [5.74, 6) is 0. The van der Waals surface area contributed by atoms with Gasteiger partial charge in [-0.1, -0.05) is 6.07 Å². The zero-order valence-electron chi connectivity index (χ0n) is 11.1. The second-order valence-corrected chi connectivity index (χ2v) is 4.72. The molecule has 1 aromatic carbocycles. The Morgan fingerprint density at radius 2 is 2.21 bits per heavy atom. The predicted octanol–water partition coefficient (Wildman–Crippen LogP) is 1.77. The SMILES string of the molecule is Cc1c(CCN)nn(C)c1-c1ccc2nc[nH]c2c1. The fourth-order valence-electron chi connectivity index (χ4n) is 2.55. The van der Waals surface area contributed by atoms with Gasteiger partial charge < -0.3 is 10.7 Å². The summed E-state index contributed by atoms with van der Waals surface area (Å²) in [6.07, 6.45) is 2.52. The Morgan fingerprint density at radius 1 is 1.37 bits per heavy atom. The minimum Gasteiger partial charge on any atom is -0.345 e. The van der Waals surface area contributed by atoms with Crippen LogP contribution >= 0.6 is 0 Å². The molecule has 0 aliphatic heterocycles. The average Bonchev–Trinajstić information content (AvgIpc) is 2.95. The highest BCUT2D eigenvalue weighted by Gasteiger charge is 2.14. The van der Waals surface area contributed by atoms with Crippen LogP contribution in [-0.4, -0.2) is 26.3 Å². The fourth-order valence-corrected chi connectivity index (χ4v) is 2.55. The quantitative estimate of drug-likeness (QED) is 0.749. The number of imidazole rings is 1. The number of hydrogen-bond donors (Lipinski definition) is 2. The average molecular weight is 255 g/mol. The minimum atomic E-state index is 0.622. The van der Waals surface area contributed by atoms with Gasteiger partial charge in [-0.3, -0.25) is 4.68 Å². The van der Waals surface area contributed by atoms with Gasteiger partial charge in [-0.25, -0.2) is 4.98 Å². The third-order valence-corrected chi connectivity index (χ3v) is 3.46. The standard InChI is InChI=1S/C14H17N5/c1-9-11(5-6-15)18-19(2)14(9)10-3-4-12-13(7-10)17-8-16-12/h3-4,7-8H,5-6,15H2,1-2H3,(H,16,17). The molecule has 5 nitrogen and oxygen atoms in total. The smallest absolute Gasteiger partial charge is 0.0931 e. The maximum atomic E-state index is 5.63. The molecule has 2 aromatic heterocycles. The maximum absolute atomic E-state index is 5.63. The molecule has 19 heavy (non-hydrogen) atoms. The molecule has 5 heteroatoms. The fraction of sp³-hybridized carbons (Fsp3) is 0.286. The summed E-state index contributed by atoms with van der Waals surface area (Å²) in [5.41, 5.74) is 12.2. The molecule has 0 aliphatic carbocycles. The molecule has 0 unspecified atom stereocenters. The van der Waals surface area contributed by atoms with Crippen LogP contribution in [0.2, 0.25) is 0 Å². The van der Waals surface area contributed by atoms with E-state index in [1.54, 1.807) is 6.33 Å². The molecule has 0 aliphatic rings. The summed E-state index contributed by atoms with van der Waals surface area (Å²) in [6.45, 7) is 2.72. The highest BCUT2D eigenvalue weighted by Crippen LogP contribution is 2.27. The molecule has 3 rings (SSSR count). The molecule has 0 fully saturated rings. The summed E-state index contributed by atoms with van der Waals surface area (Å²) >= 11 is 0. The van der Waals surface area contributed by atoms with E-state index < -0.39 is 0 Å². The molecular weight excluding hydrogens is 238 g/mol. The summed E-state index contributed by atoms with van der Waals surface area (Å²) in [5, 5.41) is 4.55. The Labute approximate surface area is 111 Å². The maximum Gasteiger partial charge on any atom is 0.0931 e. The van der Waals surface area contributed by atoms with E-state index >= 15 is 0 Å². The van der Waals surface area contributed by atoms with Crippen LogP contribution in [0.5, 0.6) is 0 Å². The van der Waals surface area contributed by atoms with Crippen LogP contribution < -0.4 is 5.73 Å². The summed E-state index contributed by atoms with van der Waals surface area (Å²) in [4.78, 5) is 7.38. The van der Waals surface area contributed by atoms with Crippen molar-refractivity contribution in [3.63, 3.8) is 0 Å². The number of nitrogens with two attached hydrogens (primary N) is 1. The molecule has 0 spiro atoms. The lowest BCUT2D eigenvalue weighted by molar-refractivity contribution is 0.745. The largest absolute Gasteiger partial charge is 0.345 e. The van der Waals surface area contributed by atoms with Gasteiger partial charge in [-0.2, -0.15) is 5.10 Å². The number of aromatic nitrogens is 4. The summed E-state index contributed by atoms with van der Waals surface area (Å²) in [7, 11) is 1.97. The first-order valence-corrected chi connectivity index (χ1v) is 6.36. The van der Waals surface area contributed by atoms with Crippen LogP contribution in [0.25, 0.3) is 22.3 Å². The Bertz CT molecular complexity index is 723. The lowest BCUT2D eigenvalue weighted by Gasteiger charge is -2.04. The van der Waals surface area contributed by atoms with Crippen molar-refractivity contribution < 1.29 is 0 Å². The molecule has 2 heterocycles.